The summed E-state index contributed by atoms with van der Waals surface area (Å²) in [6.07, 6.45) is 2.20. The number of amides is 1. The van der Waals surface area contributed by atoms with Gasteiger partial charge in [-0.2, -0.15) is 0 Å². The average Bonchev–Trinajstić information content (AvgIpc) is 2.39. The summed E-state index contributed by atoms with van der Waals surface area (Å²) >= 11 is 3.63. The Labute approximate surface area is 111 Å². The van der Waals surface area contributed by atoms with Gasteiger partial charge in [0.15, 0.2) is 0 Å². The monoisotopic (exact) mass is 295 g/mol. The highest BCUT2D eigenvalue weighted by Crippen LogP contribution is 2.25. The molecule has 1 aromatic rings. The van der Waals surface area contributed by atoms with E-state index in [1.54, 1.807) is 0 Å². The molecule has 0 spiro atoms. The summed E-state index contributed by atoms with van der Waals surface area (Å²) in [5.41, 5.74) is 0.804. The lowest BCUT2D eigenvalue weighted by molar-refractivity contribution is 0.0691. The van der Waals surface area contributed by atoms with E-state index in [1.807, 2.05) is 35.2 Å². The summed E-state index contributed by atoms with van der Waals surface area (Å²) in [5.74, 6) is 0.876. The van der Waals surface area contributed by atoms with E-state index < -0.39 is 0 Å². The van der Waals surface area contributed by atoms with E-state index >= 15 is 0 Å². The van der Waals surface area contributed by atoms with Crippen molar-refractivity contribution in [1.29, 1.82) is 0 Å². The maximum atomic E-state index is 12.2. The molecule has 1 fully saturated rings. The summed E-state index contributed by atoms with van der Waals surface area (Å²) in [6, 6.07) is 9.56. The zero-order chi connectivity index (χ0) is 12.3. The van der Waals surface area contributed by atoms with Gasteiger partial charge in [0.2, 0.25) is 0 Å². The van der Waals surface area contributed by atoms with E-state index in [2.05, 4.69) is 22.9 Å². The molecule has 1 unspecified atom stereocenters. The fourth-order valence-electron chi connectivity index (χ4n) is 2.33. The van der Waals surface area contributed by atoms with Crippen molar-refractivity contribution in [1.82, 2.24) is 4.90 Å². The molecule has 92 valence electrons. The third-order valence-electron chi connectivity index (χ3n) is 3.50. The van der Waals surface area contributed by atoms with Crippen molar-refractivity contribution in [3.05, 3.63) is 35.9 Å². The molecule has 0 bridgehead atoms. The number of halogens is 1. The Kier molecular flexibility index (Phi) is 4.21. The maximum absolute atomic E-state index is 12.2. The fourth-order valence-corrected chi connectivity index (χ4v) is 2.85. The lowest BCUT2D eigenvalue weighted by Crippen LogP contribution is -2.39. The van der Waals surface area contributed by atoms with Crippen LogP contribution in [0.4, 0.5) is 0 Å². The van der Waals surface area contributed by atoms with Gasteiger partial charge in [-0.25, -0.2) is 0 Å². The van der Waals surface area contributed by atoms with E-state index in [0.29, 0.717) is 10.7 Å². The molecule has 17 heavy (non-hydrogen) atoms. The molecule has 3 heteroatoms. The molecule has 1 aliphatic heterocycles. The lowest BCUT2D eigenvalue weighted by atomic mass is 9.94. The third-order valence-corrected chi connectivity index (χ3v) is 4.24. The molecule has 1 aliphatic rings. The van der Waals surface area contributed by atoms with E-state index in [4.69, 9.17) is 0 Å². The minimum Gasteiger partial charge on any atom is -0.339 e. The first kappa shape index (κ1) is 12.6. The van der Waals surface area contributed by atoms with Crippen molar-refractivity contribution in [3.8, 4) is 0 Å². The third kappa shape index (κ3) is 3.09. The summed E-state index contributed by atoms with van der Waals surface area (Å²) in [5, 5.41) is 0. The van der Waals surface area contributed by atoms with Crippen LogP contribution in [0.15, 0.2) is 30.3 Å². The van der Waals surface area contributed by atoms with Crippen molar-refractivity contribution < 1.29 is 4.79 Å². The number of hydrogen-bond acceptors (Lipinski definition) is 1. The second kappa shape index (κ2) is 5.67. The van der Waals surface area contributed by atoms with Gasteiger partial charge in [0.1, 0.15) is 0 Å². The molecule has 1 heterocycles. The van der Waals surface area contributed by atoms with Crippen LogP contribution in [-0.4, -0.2) is 28.7 Å². The molecular weight excluding hydrogens is 278 g/mol. The number of carbonyl (C=O) groups is 1. The van der Waals surface area contributed by atoms with E-state index in [9.17, 15) is 4.79 Å². The number of carbonyl (C=O) groups excluding carboxylic acids is 1. The number of alkyl halides is 1. The molecule has 2 rings (SSSR count). The first-order chi connectivity index (χ1) is 8.18. The van der Waals surface area contributed by atoms with Crippen LogP contribution in [0.5, 0.6) is 0 Å². The molecule has 0 N–H and O–H groups in total. The second-order valence-electron chi connectivity index (χ2n) is 4.67. The number of piperidine rings is 1. The summed E-state index contributed by atoms with van der Waals surface area (Å²) in [6.45, 7) is 3.96. The van der Waals surface area contributed by atoms with Crippen LogP contribution in [0.1, 0.15) is 30.1 Å². The fraction of sp³-hybridized carbons (Fsp3) is 0.500. The van der Waals surface area contributed by atoms with Crippen molar-refractivity contribution >= 4 is 21.8 Å². The Morgan fingerprint density at radius 2 is 1.88 bits per heavy atom. The van der Waals surface area contributed by atoms with Gasteiger partial charge in [-0.05, 0) is 30.9 Å². The first-order valence-electron chi connectivity index (χ1n) is 6.17. The zero-order valence-corrected chi connectivity index (χ0v) is 11.7. The standard InChI is InChI=1S/C14H18BrNO/c1-11(15)12-7-9-16(10-8-12)14(17)13-5-3-2-4-6-13/h2-6,11-12H,7-10H2,1H3. The van der Waals surface area contributed by atoms with Gasteiger partial charge < -0.3 is 4.90 Å². The predicted molar refractivity (Wildman–Crippen MR) is 73.5 cm³/mol. The molecule has 0 aromatic heterocycles. The maximum Gasteiger partial charge on any atom is 0.253 e. The van der Waals surface area contributed by atoms with Gasteiger partial charge >= 0.3 is 0 Å². The molecule has 1 aromatic carbocycles. The Morgan fingerprint density at radius 3 is 2.41 bits per heavy atom. The zero-order valence-electron chi connectivity index (χ0n) is 10.1. The molecule has 1 atom stereocenters. The van der Waals surface area contributed by atoms with Gasteiger partial charge in [-0.15, -0.1) is 0 Å². The van der Waals surface area contributed by atoms with Crippen LogP contribution in [0, 0.1) is 5.92 Å². The molecule has 1 amide bonds. The largest absolute Gasteiger partial charge is 0.339 e. The number of benzene rings is 1. The van der Waals surface area contributed by atoms with Gasteiger partial charge in [0.05, 0.1) is 0 Å². The SMILES string of the molecule is CC(Br)C1CCN(C(=O)c2ccccc2)CC1. The number of hydrogen-bond donors (Lipinski definition) is 0. The molecule has 2 nitrogen and oxygen atoms in total. The van der Waals surface area contributed by atoms with Crippen molar-refractivity contribution in [2.75, 3.05) is 13.1 Å². The Bertz CT molecular complexity index is 369. The summed E-state index contributed by atoms with van der Waals surface area (Å²) < 4.78 is 0. The van der Waals surface area contributed by atoms with Crippen LogP contribution < -0.4 is 0 Å². The normalized spacial score (nSPS) is 19.1. The average molecular weight is 296 g/mol. The minimum absolute atomic E-state index is 0.172. The molecule has 1 saturated heterocycles. The van der Waals surface area contributed by atoms with Gasteiger partial charge in [0, 0.05) is 23.5 Å². The first-order valence-corrected chi connectivity index (χ1v) is 7.08. The van der Waals surface area contributed by atoms with Crippen LogP contribution in [0.3, 0.4) is 0 Å². The van der Waals surface area contributed by atoms with E-state index in [1.165, 1.54) is 0 Å². The van der Waals surface area contributed by atoms with Crippen LogP contribution >= 0.6 is 15.9 Å². The van der Waals surface area contributed by atoms with Crippen LogP contribution in [0.25, 0.3) is 0 Å². The van der Waals surface area contributed by atoms with E-state index in [0.717, 1.165) is 31.5 Å². The number of likely N-dealkylation sites (tertiary alicyclic amines) is 1. The Hall–Kier alpha value is -0.830. The molecule has 0 aliphatic carbocycles. The Balaban J connectivity index is 1.95. The van der Waals surface area contributed by atoms with Gasteiger partial charge in [-0.1, -0.05) is 41.1 Å². The lowest BCUT2D eigenvalue weighted by Gasteiger charge is -2.33. The van der Waals surface area contributed by atoms with Gasteiger partial charge in [0.25, 0.3) is 5.91 Å². The van der Waals surface area contributed by atoms with Crippen LogP contribution in [-0.2, 0) is 0 Å². The quantitative estimate of drug-likeness (QED) is 0.767. The summed E-state index contributed by atoms with van der Waals surface area (Å²) in [7, 11) is 0. The smallest absolute Gasteiger partial charge is 0.253 e. The van der Waals surface area contributed by atoms with Crippen LogP contribution in [0.2, 0.25) is 0 Å². The number of nitrogens with zero attached hydrogens (tertiary/aromatic N) is 1. The number of rotatable bonds is 2. The van der Waals surface area contributed by atoms with Gasteiger partial charge in [-0.3, -0.25) is 4.79 Å². The molecule has 0 radical (unpaired) electrons. The van der Waals surface area contributed by atoms with Crippen molar-refractivity contribution in [2.45, 2.75) is 24.6 Å². The van der Waals surface area contributed by atoms with Crippen molar-refractivity contribution in [3.63, 3.8) is 0 Å². The van der Waals surface area contributed by atoms with E-state index in [-0.39, 0.29) is 5.91 Å². The minimum atomic E-state index is 0.172. The topological polar surface area (TPSA) is 20.3 Å². The molecule has 0 saturated carbocycles. The highest BCUT2D eigenvalue weighted by atomic mass is 79.9. The van der Waals surface area contributed by atoms with Crippen molar-refractivity contribution in [2.24, 2.45) is 5.92 Å². The Morgan fingerprint density at radius 1 is 1.29 bits per heavy atom. The summed E-state index contributed by atoms with van der Waals surface area (Å²) in [4.78, 5) is 14.7. The predicted octanol–water partition coefficient (Wildman–Crippen LogP) is 3.32. The highest BCUT2D eigenvalue weighted by molar-refractivity contribution is 9.09. The molecular formula is C14H18BrNO. The highest BCUT2D eigenvalue weighted by Gasteiger charge is 2.25. The second-order valence-corrected chi connectivity index (χ2v) is 6.12.